The van der Waals surface area contributed by atoms with E-state index in [1.54, 1.807) is 11.1 Å². The molecule has 1 aromatic carbocycles. The molecule has 0 spiro atoms. The van der Waals surface area contributed by atoms with Crippen molar-refractivity contribution in [2.45, 2.75) is 38.1 Å². The summed E-state index contributed by atoms with van der Waals surface area (Å²) in [6.07, 6.45) is 7.49. The first-order valence-corrected chi connectivity index (χ1v) is 10.5. The van der Waals surface area contributed by atoms with Crippen LogP contribution >= 0.6 is 0 Å². The Morgan fingerprint density at radius 2 is 1.93 bits per heavy atom. The second-order valence-corrected chi connectivity index (χ2v) is 8.09. The van der Waals surface area contributed by atoms with E-state index in [9.17, 15) is 9.59 Å². The van der Waals surface area contributed by atoms with Crippen LogP contribution in [-0.2, 0) is 9.59 Å². The van der Waals surface area contributed by atoms with Gasteiger partial charge in [-0.1, -0.05) is 18.2 Å². The minimum Gasteiger partial charge on any atom is -0.351 e. The second kappa shape index (κ2) is 7.85. The van der Waals surface area contributed by atoms with E-state index in [1.165, 1.54) is 0 Å². The average molecular weight is 404 g/mol. The molecule has 0 unspecified atom stereocenters. The third-order valence-electron chi connectivity index (χ3n) is 6.08. The van der Waals surface area contributed by atoms with Gasteiger partial charge >= 0.3 is 0 Å². The standard InChI is InChI=1S/C22H24N6O2/c29-18-10-12-27(14-18)21(30)15-5-7-17(8-6-15)25-22-23-11-9-20(26-22)28-19-4-2-1-3-16(19)13-24-28/h1-4,9,11,13,15,17H,5-8,10,12,14H2,(H,23,25,26). The van der Waals surface area contributed by atoms with Crippen LogP contribution in [0, 0.1) is 5.92 Å². The third kappa shape index (κ3) is 3.65. The fourth-order valence-electron chi connectivity index (χ4n) is 4.44. The lowest BCUT2D eigenvalue weighted by atomic mass is 9.85. The van der Waals surface area contributed by atoms with Crippen molar-refractivity contribution < 1.29 is 9.59 Å². The summed E-state index contributed by atoms with van der Waals surface area (Å²) in [6.45, 7) is 0.873. The van der Waals surface area contributed by atoms with Crippen molar-refractivity contribution in [3.8, 4) is 5.82 Å². The van der Waals surface area contributed by atoms with Crippen LogP contribution in [0.1, 0.15) is 32.1 Å². The molecular formula is C22H24N6O2. The van der Waals surface area contributed by atoms with Crippen molar-refractivity contribution in [3.05, 3.63) is 42.7 Å². The molecule has 1 N–H and O–H groups in total. The highest BCUT2D eigenvalue weighted by Crippen LogP contribution is 2.28. The zero-order valence-corrected chi connectivity index (χ0v) is 16.7. The highest BCUT2D eigenvalue weighted by atomic mass is 16.2. The molecule has 0 radical (unpaired) electrons. The summed E-state index contributed by atoms with van der Waals surface area (Å²) < 4.78 is 1.81. The molecule has 30 heavy (non-hydrogen) atoms. The first-order valence-electron chi connectivity index (χ1n) is 10.5. The summed E-state index contributed by atoms with van der Waals surface area (Å²) in [5.74, 6) is 1.63. The molecule has 1 saturated heterocycles. The number of Topliss-reactive ketones (excluding diaryl/α,β-unsaturated/α-hetero) is 1. The minimum atomic E-state index is 0.0247. The van der Waals surface area contributed by atoms with Crippen LogP contribution < -0.4 is 5.32 Å². The van der Waals surface area contributed by atoms with E-state index >= 15 is 0 Å². The van der Waals surface area contributed by atoms with E-state index in [1.807, 2.05) is 41.2 Å². The van der Waals surface area contributed by atoms with E-state index in [2.05, 4.69) is 20.4 Å². The van der Waals surface area contributed by atoms with Crippen LogP contribution in [0.3, 0.4) is 0 Å². The van der Waals surface area contributed by atoms with Crippen LogP contribution in [0.15, 0.2) is 42.7 Å². The Balaban J connectivity index is 1.23. The van der Waals surface area contributed by atoms with Gasteiger partial charge in [-0.15, -0.1) is 0 Å². The molecule has 5 rings (SSSR count). The highest BCUT2D eigenvalue weighted by molar-refractivity contribution is 5.90. The smallest absolute Gasteiger partial charge is 0.226 e. The zero-order valence-electron chi connectivity index (χ0n) is 16.7. The Morgan fingerprint density at radius 1 is 1.10 bits per heavy atom. The van der Waals surface area contributed by atoms with Crippen LogP contribution in [0.5, 0.6) is 0 Å². The van der Waals surface area contributed by atoms with Gasteiger partial charge in [0.2, 0.25) is 11.9 Å². The van der Waals surface area contributed by atoms with E-state index in [0.717, 1.165) is 42.4 Å². The van der Waals surface area contributed by atoms with Gasteiger partial charge in [0.1, 0.15) is 0 Å². The summed E-state index contributed by atoms with van der Waals surface area (Å²) in [4.78, 5) is 34.8. The fraction of sp³-hybridized carbons (Fsp3) is 0.409. The monoisotopic (exact) mass is 404 g/mol. The SMILES string of the molecule is O=C1CCN(C(=O)C2CCC(Nc3nccc(-n4ncc5ccccc54)n3)CC2)C1. The zero-order chi connectivity index (χ0) is 20.5. The lowest BCUT2D eigenvalue weighted by Gasteiger charge is -2.30. The number of para-hydroxylation sites is 1. The number of ketones is 1. The number of amides is 1. The number of likely N-dealkylation sites (tertiary alicyclic amines) is 1. The second-order valence-electron chi connectivity index (χ2n) is 8.09. The van der Waals surface area contributed by atoms with Gasteiger partial charge in [0.05, 0.1) is 18.3 Å². The molecule has 8 nitrogen and oxygen atoms in total. The topological polar surface area (TPSA) is 93.0 Å². The fourth-order valence-corrected chi connectivity index (χ4v) is 4.44. The molecular weight excluding hydrogens is 380 g/mol. The van der Waals surface area contributed by atoms with E-state index in [-0.39, 0.29) is 23.7 Å². The number of hydrogen-bond donors (Lipinski definition) is 1. The number of carbonyl (C=O) groups is 2. The summed E-state index contributed by atoms with van der Waals surface area (Å²) in [5.41, 5.74) is 1.00. The summed E-state index contributed by atoms with van der Waals surface area (Å²) in [5, 5.41) is 8.95. The van der Waals surface area contributed by atoms with Crippen molar-refractivity contribution in [2.24, 2.45) is 5.92 Å². The number of hydrogen-bond acceptors (Lipinski definition) is 6. The maximum absolute atomic E-state index is 12.6. The molecule has 2 fully saturated rings. The largest absolute Gasteiger partial charge is 0.351 e. The quantitative estimate of drug-likeness (QED) is 0.718. The molecule has 1 amide bonds. The van der Waals surface area contributed by atoms with Gasteiger partial charge < -0.3 is 10.2 Å². The van der Waals surface area contributed by atoms with Crippen molar-refractivity contribution in [2.75, 3.05) is 18.4 Å². The van der Waals surface area contributed by atoms with Gasteiger partial charge in [-0.05, 0) is 31.7 Å². The Hall–Kier alpha value is -3.29. The predicted octanol–water partition coefficient (Wildman–Crippen LogP) is 2.59. The molecule has 0 atom stereocenters. The molecule has 2 aliphatic rings. The number of carbonyl (C=O) groups excluding carboxylic acids is 2. The maximum atomic E-state index is 12.6. The molecule has 3 aromatic rings. The predicted molar refractivity (Wildman–Crippen MR) is 112 cm³/mol. The van der Waals surface area contributed by atoms with E-state index in [4.69, 9.17) is 0 Å². The molecule has 2 aromatic heterocycles. The van der Waals surface area contributed by atoms with Gasteiger partial charge in [0, 0.05) is 42.6 Å². The Bertz CT molecular complexity index is 1090. The van der Waals surface area contributed by atoms with Crippen molar-refractivity contribution >= 4 is 28.5 Å². The third-order valence-corrected chi connectivity index (χ3v) is 6.08. The Labute approximate surface area is 174 Å². The van der Waals surface area contributed by atoms with Crippen LogP contribution in [-0.4, -0.2) is 55.5 Å². The minimum absolute atomic E-state index is 0.0247. The van der Waals surface area contributed by atoms with Gasteiger partial charge in [-0.3, -0.25) is 9.59 Å². The molecule has 0 bridgehead atoms. The number of fused-ring (bicyclic) bond motifs is 1. The first-order chi connectivity index (χ1) is 14.7. The number of aromatic nitrogens is 4. The normalized spacial score (nSPS) is 21.9. The van der Waals surface area contributed by atoms with E-state index in [0.29, 0.717) is 25.5 Å². The van der Waals surface area contributed by atoms with Crippen LogP contribution in [0.25, 0.3) is 16.7 Å². The van der Waals surface area contributed by atoms with Crippen molar-refractivity contribution in [3.63, 3.8) is 0 Å². The lowest BCUT2D eigenvalue weighted by molar-refractivity contribution is -0.136. The van der Waals surface area contributed by atoms with Crippen LogP contribution in [0.2, 0.25) is 0 Å². The van der Waals surface area contributed by atoms with Crippen molar-refractivity contribution in [1.82, 2.24) is 24.6 Å². The van der Waals surface area contributed by atoms with Gasteiger partial charge in [-0.2, -0.15) is 10.1 Å². The van der Waals surface area contributed by atoms with Gasteiger partial charge in [-0.25, -0.2) is 9.67 Å². The molecule has 1 aliphatic carbocycles. The average Bonchev–Trinajstić information content (AvgIpc) is 3.40. The number of nitrogens with zero attached hydrogens (tertiary/aromatic N) is 5. The van der Waals surface area contributed by atoms with Gasteiger partial charge in [0.25, 0.3) is 0 Å². The summed E-state index contributed by atoms with van der Waals surface area (Å²) in [6, 6.07) is 10.1. The number of nitrogens with one attached hydrogen (secondary N) is 1. The molecule has 8 heteroatoms. The van der Waals surface area contributed by atoms with Gasteiger partial charge in [0.15, 0.2) is 11.6 Å². The highest BCUT2D eigenvalue weighted by Gasteiger charge is 2.32. The number of benzene rings is 1. The van der Waals surface area contributed by atoms with Crippen LogP contribution in [0.4, 0.5) is 5.95 Å². The number of anilines is 1. The Kier molecular flexibility index (Phi) is 4.90. The van der Waals surface area contributed by atoms with Crippen molar-refractivity contribution in [1.29, 1.82) is 0 Å². The molecule has 1 aliphatic heterocycles. The molecule has 1 saturated carbocycles. The molecule has 154 valence electrons. The lowest BCUT2D eigenvalue weighted by Crippen LogP contribution is -2.38. The van der Waals surface area contributed by atoms with E-state index < -0.39 is 0 Å². The Morgan fingerprint density at radius 3 is 2.73 bits per heavy atom. The first kappa shape index (κ1) is 18.7. The number of rotatable bonds is 4. The molecule has 3 heterocycles. The summed E-state index contributed by atoms with van der Waals surface area (Å²) in [7, 11) is 0. The summed E-state index contributed by atoms with van der Waals surface area (Å²) >= 11 is 0. The maximum Gasteiger partial charge on any atom is 0.226 e.